The number of hydrogen-bond donors (Lipinski definition) is 16. The van der Waals surface area contributed by atoms with Crippen molar-refractivity contribution < 1.29 is 53.4 Å². The molecule has 1 aromatic carbocycles. The molecular weight excluding hydrogens is 979 g/mol. The van der Waals surface area contributed by atoms with Crippen LogP contribution in [0.1, 0.15) is 88.7 Å². The number of aliphatic hydroxyl groups is 1. The molecule has 1 aliphatic heterocycles. The van der Waals surface area contributed by atoms with E-state index in [-0.39, 0.29) is 82.6 Å². The fourth-order valence-electron chi connectivity index (χ4n) is 7.72. The number of amides is 8. The van der Waals surface area contributed by atoms with Crippen molar-refractivity contribution >= 4 is 59.2 Å². The molecule has 8 amide bonds. The summed E-state index contributed by atoms with van der Waals surface area (Å²) < 4.78 is 0. The maximum absolute atomic E-state index is 14.2. The van der Waals surface area contributed by atoms with Gasteiger partial charge in [0.05, 0.1) is 30.3 Å². The first kappa shape index (κ1) is 63.8. The molecular formula is C47H77N17O11. The highest BCUT2D eigenvalue weighted by Crippen LogP contribution is 2.21. The Labute approximate surface area is 435 Å². The van der Waals surface area contributed by atoms with Crippen molar-refractivity contribution in [1.82, 2.24) is 42.1 Å². The molecule has 0 radical (unpaired) electrons. The van der Waals surface area contributed by atoms with Gasteiger partial charge in [-0.05, 0) is 108 Å². The molecule has 75 heavy (non-hydrogen) atoms. The number of benzene rings is 1. The van der Waals surface area contributed by atoms with Crippen molar-refractivity contribution in [3.63, 3.8) is 0 Å². The van der Waals surface area contributed by atoms with Gasteiger partial charge in [-0.25, -0.2) is 4.79 Å². The number of guanidine groups is 1. The number of aliphatic carboxylic acids is 1. The first-order valence-electron chi connectivity index (χ1n) is 24.8. The summed E-state index contributed by atoms with van der Waals surface area (Å²) in [6, 6.07) is -0.718. The molecule has 28 heteroatoms. The van der Waals surface area contributed by atoms with Gasteiger partial charge >= 0.3 is 5.97 Å². The lowest BCUT2D eigenvalue weighted by molar-refractivity contribution is -0.142. The van der Waals surface area contributed by atoms with Crippen LogP contribution in [0.15, 0.2) is 41.0 Å². The minimum absolute atomic E-state index is 0.0224. The second kappa shape index (κ2) is 34.2. The zero-order valence-electron chi connectivity index (χ0n) is 42.4. The Morgan fingerprint density at radius 2 is 1.48 bits per heavy atom. The van der Waals surface area contributed by atoms with Crippen LogP contribution in [0.3, 0.4) is 0 Å². The van der Waals surface area contributed by atoms with Crippen molar-refractivity contribution in [1.29, 1.82) is 5.26 Å². The van der Waals surface area contributed by atoms with Crippen LogP contribution in [-0.4, -0.2) is 169 Å². The quantitative estimate of drug-likeness (QED) is 0.0132. The van der Waals surface area contributed by atoms with E-state index >= 15 is 0 Å². The Morgan fingerprint density at radius 3 is 2.11 bits per heavy atom. The number of nitrogens with zero attached hydrogens (tertiary/aromatic N) is 3. The number of aliphatic hydroxyl groups excluding tert-OH is 1. The van der Waals surface area contributed by atoms with E-state index in [0.717, 1.165) is 0 Å². The van der Waals surface area contributed by atoms with Gasteiger partial charge in [-0.3, -0.25) is 43.3 Å². The SMILES string of the molecule is C[C@H](NC(=O)[C@@H](NC(=O)[C@@H](N)CCCCN)[C@@H](O)CN)C(=O)NCC(=O)N[C@H](CCCN)C(=O)N1CCC[C@H]1C(=O)NC(Cc1cccc(C#N)c1)C(=O)N[C@@H](CCCCN)C(=O)N/C(=C\CCN=C(N)N)C(=O)O. The minimum atomic E-state index is -1.57. The zero-order valence-corrected chi connectivity index (χ0v) is 42.4. The van der Waals surface area contributed by atoms with Crippen LogP contribution in [0.2, 0.25) is 0 Å². The maximum Gasteiger partial charge on any atom is 0.352 e. The molecule has 8 atom stereocenters. The molecule has 1 unspecified atom stereocenters. The molecule has 416 valence electrons. The molecule has 0 aromatic heterocycles. The molecule has 1 fully saturated rings. The highest BCUT2D eigenvalue weighted by molar-refractivity contribution is 5.99. The number of unbranched alkanes of at least 4 members (excludes halogenated alkanes) is 2. The Bertz CT molecular complexity index is 2200. The molecule has 1 aliphatic rings. The topological polar surface area (TPSA) is 500 Å². The third kappa shape index (κ3) is 22.8. The van der Waals surface area contributed by atoms with Crippen LogP contribution in [0, 0.1) is 11.3 Å². The first-order valence-corrected chi connectivity index (χ1v) is 24.8. The summed E-state index contributed by atoms with van der Waals surface area (Å²) in [7, 11) is 0. The van der Waals surface area contributed by atoms with Gasteiger partial charge in [-0.2, -0.15) is 5.26 Å². The van der Waals surface area contributed by atoms with Crippen LogP contribution in [0.4, 0.5) is 0 Å². The number of likely N-dealkylation sites (tertiary alicyclic amines) is 1. The fourth-order valence-corrected chi connectivity index (χ4v) is 7.72. The molecule has 0 saturated carbocycles. The van der Waals surface area contributed by atoms with E-state index in [1.54, 1.807) is 12.1 Å². The molecule has 0 spiro atoms. The Kier molecular flexibility index (Phi) is 29.1. The molecule has 1 aromatic rings. The Balaban J connectivity index is 2.28. The van der Waals surface area contributed by atoms with Crippen molar-refractivity contribution in [3.05, 3.63) is 47.2 Å². The number of carbonyl (C=O) groups is 9. The lowest BCUT2D eigenvalue weighted by Crippen LogP contribution is -2.60. The molecule has 23 N–H and O–H groups in total. The molecule has 0 aliphatic carbocycles. The smallest absolute Gasteiger partial charge is 0.352 e. The lowest BCUT2D eigenvalue weighted by Gasteiger charge is -2.30. The maximum atomic E-state index is 14.2. The third-order valence-electron chi connectivity index (χ3n) is 11.8. The van der Waals surface area contributed by atoms with Gasteiger partial charge in [-0.15, -0.1) is 0 Å². The van der Waals surface area contributed by atoms with Crippen molar-refractivity contribution in [3.8, 4) is 6.07 Å². The van der Waals surface area contributed by atoms with Gasteiger partial charge in [0.2, 0.25) is 47.3 Å². The van der Waals surface area contributed by atoms with Crippen molar-refractivity contribution in [2.24, 2.45) is 45.1 Å². The van der Waals surface area contributed by atoms with Crippen molar-refractivity contribution in [2.45, 2.75) is 132 Å². The number of nitrogens with two attached hydrogens (primary N) is 7. The predicted octanol–water partition coefficient (Wildman–Crippen LogP) is -5.96. The number of hydrogen-bond acceptors (Lipinski definition) is 17. The van der Waals surface area contributed by atoms with Crippen LogP contribution < -0.4 is 77.4 Å². The third-order valence-corrected chi connectivity index (χ3v) is 11.8. The number of carboxylic acid groups (broad SMARTS) is 1. The standard InChI is InChI=1S/C47H77N17O11/c1-27(58-44(72)38(36(65)25-52)63-40(68)30(53)12-2-4-17-48)39(67)57-26-37(66)59-32(14-7-19-50)45(73)64-21-9-16-35(64)43(71)62-34(23-28-10-6-11-29(22-28)24-51)42(70)60-31(13-3-5-18-49)41(69)61-33(46(74)75)15-8-20-56-47(54)55/h6,10-11,15,22,27,30-32,34-36,38,65H,2-5,7-9,12-14,16-21,23,25-26,48-50,52-53H2,1H3,(H,57,67)(H,58,72)(H,59,66)(H,60,70)(H,61,69)(H,62,71)(H,63,68)(H,74,75)(H4,54,55,56)/b33-15-/t27-,30-,31-,32+,34?,35-,36-,38-/m0/s1. The van der Waals surface area contributed by atoms with Gasteiger partial charge in [0, 0.05) is 26.1 Å². The molecule has 1 saturated heterocycles. The normalized spacial score (nSPS) is 16.0. The number of carboxylic acids is 1. The van der Waals surface area contributed by atoms with E-state index in [1.807, 2.05) is 6.07 Å². The number of rotatable bonds is 34. The minimum Gasteiger partial charge on any atom is -0.477 e. The van der Waals surface area contributed by atoms with Gasteiger partial charge < -0.3 is 92.5 Å². The summed E-state index contributed by atoms with van der Waals surface area (Å²) in [4.78, 5) is 126. The number of aliphatic imine (C=N–C) groups is 1. The van der Waals surface area contributed by atoms with E-state index in [9.17, 15) is 58.6 Å². The summed E-state index contributed by atoms with van der Waals surface area (Å²) in [6.45, 7) is 1.08. The summed E-state index contributed by atoms with van der Waals surface area (Å²) in [5.41, 5.74) is 39.3. The highest BCUT2D eigenvalue weighted by Gasteiger charge is 2.39. The molecule has 2 rings (SSSR count). The van der Waals surface area contributed by atoms with E-state index in [1.165, 1.54) is 30.0 Å². The lowest BCUT2D eigenvalue weighted by atomic mass is 10.0. The number of nitriles is 1. The van der Waals surface area contributed by atoms with E-state index in [2.05, 4.69) is 42.2 Å². The summed E-state index contributed by atoms with van der Waals surface area (Å²) in [5.74, 6) is -8.17. The average molecular weight is 1060 g/mol. The largest absolute Gasteiger partial charge is 0.477 e. The van der Waals surface area contributed by atoms with Gasteiger partial charge in [0.15, 0.2) is 5.96 Å². The van der Waals surface area contributed by atoms with Crippen molar-refractivity contribution in [2.75, 3.05) is 45.8 Å². The first-order chi connectivity index (χ1) is 35.7. The summed E-state index contributed by atoms with van der Waals surface area (Å²) in [5, 5.41) is 47.1. The number of nitrogens with one attached hydrogen (secondary N) is 7. The van der Waals surface area contributed by atoms with Crippen LogP contribution in [-0.2, 0) is 49.6 Å². The predicted molar refractivity (Wildman–Crippen MR) is 274 cm³/mol. The summed E-state index contributed by atoms with van der Waals surface area (Å²) >= 11 is 0. The molecule has 28 nitrogen and oxygen atoms in total. The molecule has 0 bridgehead atoms. The van der Waals surface area contributed by atoms with E-state index < -0.39 is 120 Å². The van der Waals surface area contributed by atoms with Crippen LogP contribution in [0.25, 0.3) is 0 Å². The van der Waals surface area contributed by atoms with Gasteiger partial charge in [-0.1, -0.05) is 24.6 Å². The van der Waals surface area contributed by atoms with Crippen LogP contribution >= 0.6 is 0 Å². The second-order valence-electron chi connectivity index (χ2n) is 17.8. The second-order valence-corrected chi connectivity index (χ2v) is 17.8. The highest BCUT2D eigenvalue weighted by atomic mass is 16.4. The fraction of sp³-hybridized carbons (Fsp3) is 0.596. The van der Waals surface area contributed by atoms with Gasteiger partial charge in [0.25, 0.3) is 0 Å². The number of carbonyl (C=O) groups excluding carboxylic acids is 8. The Hall–Kier alpha value is -7.29. The van der Waals surface area contributed by atoms with E-state index in [0.29, 0.717) is 44.2 Å². The van der Waals surface area contributed by atoms with Gasteiger partial charge in [0.1, 0.15) is 41.9 Å². The average Bonchev–Trinajstić information content (AvgIpc) is 3.88. The molecule has 1 heterocycles. The van der Waals surface area contributed by atoms with E-state index in [4.69, 9.17) is 40.1 Å². The summed E-state index contributed by atoms with van der Waals surface area (Å²) in [6.07, 6.45) is 2.55. The van der Waals surface area contributed by atoms with Crippen LogP contribution in [0.5, 0.6) is 0 Å². The zero-order chi connectivity index (χ0) is 56.0. The Morgan fingerprint density at radius 1 is 0.813 bits per heavy atom. The monoisotopic (exact) mass is 1060 g/mol.